The van der Waals surface area contributed by atoms with Gasteiger partial charge in [0.2, 0.25) is 11.8 Å². The van der Waals surface area contributed by atoms with Gasteiger partial charge in [0.15, 0.2) is 16.8 Å². The molecule has 1 fully saturated rings. The average Bonchev–Trinajstić information content (AvgIpc) is 3.24. The Bertz CT molecular complexity index is 1030. The highest BCUT2D eigenvalue weighted by Crippen LogP contribution is 2.30. The largest absolute Gasteiger partial charge is 0.325 e. The number of aliphatic imine (C=N–C) groups is 1. The van der Waals surface area contributed by atoms with Gasteiger partial charge in [-0.05, 0) is 36.2 Å². The van der Waals surface area contributed by atoms with Crippen LogP contribution in [0.2, 0.25) is 0 Å². The molecule has 0 aliphatic carbocycles. The number of amides is 2. The third-order valence-corrected chi connectivity index (χ3v) is 6.02. The van der Waals surface area contributed by atoms with E-state index in [9.17, 15) is 18.4 Å². The molecule has 2 unspecified atom stereocenters. The fraction of sp³-hybridized carbons (Fsp3) is 0.286. The second kappa shape index (κ2) is 9.13. The van der Waals surface area contributed by atoms with Crippen LogP contribution in [0.5, 0.6) is 0 Å². The molecule has 0 radical (unpaired) electrons. The van der Waals surface area contributed by atoms with Crippen molar-refractivity contribution < 1.29 is 18.4 Å². The lowest BCUT2D eigenvalue weighted by Crippen LogP contribution is -2.49. The number of hydrazine groups is 1. The van der Waals surface area contributed by atoms with Crippen molar-refractivity contribution in [2.75, 3.05) is 22.5 Å². The number of nitrogens with zero attached hydrogens (tertiary/aromatic N) is 2. The number of nitrogens with one attached hydrogen (secondary N) is 3. The van der Waals surface area contributed by atoms with Gasteiger partial charge in [-0.25, -0.2) is 19.2 Å². The lowest BCUT2D eigenvalue weighted by Gasteiger charge is -2.32. The molecule has 2 aromatic carbocycles. The van der Waals surface area contributed by atoms with E-state index in [-0.39, 0.29) is 28.4 Å². The van der Waals surface area contributed by atoms with Gasteiger partial charge in [0, 0.05) is 18.3 Å². The summed E-state index contributed by atoms with van der Waals surface area (Å²) in [5, 5.41) is 3.05. The monoisotopic (exact) mass is 445 g/mol. The second-order valence-electron chi connectivity index (χ2n) is 7.15. The molecule has 2 amide bonds. The first kappa shape index (κ1) is 21.4. The van der Waals surface area contributed by atoms with Crippen LogP contribution in [-0.4, -0.2) is 35.4 Å². The normalized spacial score (nSPS) is 20.4. The molecule has 0 aromatic heterocycles. The van der Waals surface area contributed by atoms with Crippen LogP contribution in [0.25, 0.3) is 0 Å². The van der Waals surface area contributed by atoms with E-state index in [0.29, 0.717) is 12.2 Å². The van der Waals surface area contributed by atoms with Crippen LogP contribution in [0.1, 0.15) is 12.5 Å². The van der Waals surface area contributed by atoms with Crippen LogP contribution >= 0.6 is 11.8 Å². The molecule has 2 atom stereocenters. The van der Waals surface area contributed by atoms with Gasteiger partial charge in [-0.15, -0.1) is 0 Å². The van der Waals surface area contributed by atoms with Crippen LogP contribution in [0, 0.1) is 17.6 Å². The summed E-state index contributed by atoms with van der Waals surface area (Å²) >= 11 is 1.06. The molecular formula is C21H21F2N5O2S. The zero-order chi connectivity index (χ0) is 22.0. The number of rotatable bonds is 5. The molecule has 7 nitrogen and oxygen atoms in total. The van der Waals surface area contributed by atoms with Crippen LogP contribution in [0.15, 0.2) is 47.5 Å². The minimum absolute atomic E-state index is 0.00731. The number of halogens is 2. The smallest absolute Gasteiger partial charge is 0.241 e. The zero-order valence-corrected chi connectivity index (χ0v) is 17.5. The summed E-state index contributed by atoms with van der Waals surface area (Å²) in [6.07, 6.45) is 0.421. The molecule has 2 aliphatic heterocycles. The Labute approximate surface area is 182 Å². The highest BCUT2D eigenvalue weighted by Gasteiger charge is 2.42. The number of aryl methyl sites for hydroxylation is 1. The van der Waals surface area contributed by atoms with Crippen molar-refractivity contribution in [2.24, 2.45) is 10.9 Å². The first-order chi connectivity index (χ1) is 15.0. The Kier molecular flexibility index (Phi) is 6.30. The van der Waals surface area contributed by atoms with Crippen LogP contribution < -0.4 is 21.1 Å². The number of benzene rings is 2. The first-order valence-corrected chi connectivity index (χ1v) is 10.8. The molecule has 10 heteroatoms. The first-order valence-electron chi connectivity index (χ1n) is 9.83. The molecule has 0 spiro atoms. The minimum atomic E-state index is -1.06. The summed E-state index contributed by atoms with van der Waals surface area (Å²) in [6.45, 7) is 2.41. The van der Waals surface area contributed by atoms with Gasteiger partial charge in [0.1, 0.15) is 6.17 Å². The van der Waals surface area contributed by atoms with Gasteiger partial charge in [-0.1, -0.05) is 30.8 Å². The van der Waals surface area contributed by atoms with Gasteiger partial charge in [0.25, 0.3) is 0 Å². The lowest BCUT2D eigenvalue weighted by atomic mass is 10.0. The van der Waals surface area contributed by atoms with E-state index in [1.54, 1.807) is 0 Å². The molecule has 31 heavy (non-hydrogen) atoms. The zero-order valence-electron chi connectivity index (χ0n) is 16.7. The minimum Gasteiger partial charge on any atom is -0.325 e. The van der Waals surface area contributed by atoms with Crippen LogP contribution in [-0.2, 0) is 16.0 Å². The van der Waals surface area contributed by atoms with E-state index in [0.717, 1.165) is 35.9 Å². The third kappa shape index (κ3) is 4.60. The Balaban J connectivity index is 1.51. The quantitative estimate of drug-likeness (QED) is 0.659. The van der Waals surface area contributed by atoms with E-state index >= 15 is 0 Å². The fourth-order valence-electron chi connectivity index (χ4n) is 3.38. The van der Waals surface area contributed by atoms with Gasteiger partial charge >= 0.3 is 0 Å². The number of fused-ring (bicyclic) bond motifs is 1. The number of hydrogen-bond donors (Lipinski definition) is 3. The summed E-state index contributed by atoms with van der Waals surface area (Å²) in [7, 11) is 0. The molecule has 1 saturated heterocycles. The Morgan fingerprint density at radius 1 is 1.23 bits per heavy atom. The Morgan fingerprint density at radius 3 is 2.71 bits per heavy atom. The summed E-state index contributed by atoms with van der Waals surface area (Å²) in [5.74, 6) is -3.13. The Hall–Kier alpha value is -2.82. The topological polar surface area (TPSA) is 85.8 Å². The van der Waals surface area contributed by atoms with Crippen molar-refractivity contribution in [3.63, 3.8) is 0 Å². The molecule has 0 saturated carbocycles. The average molecular weight is 445 g/mol. The van der Waals surface area contributed by atoms with Crippen molar-refractivity contribution >= 4 is 40.1 Å². The number of hydrogen-bond acceptors (Lipinski definition) is 6. The van der Waals surface area contributed by atoms with Gasteiger partial charge in [0.05, 0.1) is 17.4 Å². The maximum Gasteiger partial charge on any atom is 0.241 e. The Morgan fingerprint density at radius 2 is 2.00 bits per heavy atom. The fourth-order valence-corrected chi connectivity index (χ4v) is 4.23. The van der Waals surface area contributed by atoms with E-state index < -0.39 is 23.7 Å². The molecule has 4 rings (SSSR count). The number of carbonyl (C=O) groups excluding carboxylic acids is 2. The summed E-state index contributed by atoms with van der Waals surface area (Å²) < 4.78 is 27.2. The van der Waals surface area contributed by atoms with Crippen molar-refractivity contribution in [3.05, 3.63) is 59.7 Å². The van der Waals surface area contributed by atoms with Crippen molar-refractivity contribution in [3.8, 4) is 0 Å². The van der Waals surface area contributed by atoms with E-state index in [4.69, 9.17) is 0 Å². The van der Waals surface area contributed by atoms with E-state index in [1.807, 2.05) is 24.3 Å². The third-order valence-electron chi connectivity index (χ3n) is 5.07. The molecule has 2 heterocycles. The predicted molar refractivity (Wildman–Crippen MR) is 117 cm³/mol. The van der Waals surface area contributed by atoms with Crippen LogP contribution in [0.3, 0.4) is 0 Å². The molecule has 162 valence electrons. The highest BCUT2D eigenvalue weighted by atomic mass is 32.2. The number of anilines is 2. The van der Waals surface area contributed by atoms with Gasteiger partial charge < -0.3 is 5.32 Å². The molecule has 2 aromatic rings. The van der Waals surface area contributed by atoms with E-state index in [1.165, 1.54) is 11.0 Å². The van der Waals surface area contributed by atoms with Crippen molar-refractivity contribution in [1.82, 2.24) is 10.9 Å². The van der Waals surface area contributed by atoms with Gasteiger partial charge in [-0.3, -0.25) is 19.9 Å². The number of amidine groups is 1. The standard InChI is InChI=1S/C21H21F2N5O2S/c1-2-12-3-5-13(6-4-12)25-18(29)11-31-21-26-19-15(10-24-27-19)20(30)28(21)14-7-8-16(22)17(23)9-14/h3-9,15,19,24,27H,2,10-11H2,1H3,(H,25,29). The SMILES string of the molecule is CCc1ccc(NC(=O)CSC2=NC3NNCC3C(=O)N2c2ccc(F)c(F)c2)cc1. The van der Waals surface area contributed by atoms with Crippen molar-refractivity contribution in [1.29, 1.82) is 0 Å². The second-order valence-corrected chi connectivity index (χ2v) is 8.09. The molecule has 2 aliphatic rings. The molecule has 0 bridgehead atoms. The predicted octanol–water partition coefficient (Wildman–Crippen LogP) is 2.65. The summed E-state index contributed by atoms with van der Waals surface area (Å²) in [5.41, 5.74) is 7.80. The lowest BCUT2D eigenvalue weighted by molar-refractivity contribution is -0.121. The maximum atomic E-state index is 13.8. The maximum absolute atomic E-state index is 13.8. The van der Waals surface area contributed by atoms with Crippen molar-refractivity contribution in [2.45, 2.75) is 19.5 Å². The summed E-state index contributed by atoms with van der Waals surface area (Å²) in [4.78, 5) is 31.2. The summed E-state index contributed by atoms with van der Waals surface area (Å²) in [6, 6.07) is 10.8. The van der Waals surface area contributed by atoms with Gasteiger partial charge in [-0.2, -0.15) is 0 Å². The van der Waals surface area contributed by atoms with Crippen LogP contribution in [0.4, 0.5) is 20.2 Å². The highest BCUT2D eigenvalue weighted by molar-refractivity contribution is 8.14. The molecule has 3 N–H and O–H groups in total. The number of thioether (sulfide) groups is 1. The number of carbonyl (C=O) groups is 2. The van der Waals surface area contributed by atoms with E-state index in [2.05, 4.69) is 28.1 Å². The molecular weight excluding hydrogens is 424 g/mol.